The molecule has 0 radical (unpaired) electrons. The third-order valence-electron chi connectivity index (χ3n) is 7.85. The number of hydrogen-bond acceptors (Lipinski definition) is 4. The van der Waals surface area contributed by atoms with Crippen molar-refractivity contribution in [3.05, 3.63) is 29.6 Å². The zero-order valence-corrected chi connectivity index (χ0v) is 17.8. The third kappa shape index (κ3) is 3.25. The van der Waals surface area contributed by atoms with E-state index in [-0.39, 0.29) is 40.4 Å². The molecule has 2 aliphatic carbocycles. The van der Waals surface area contributed by atoms with E-state index in [4.69, 9.17) is 14.2 Å². The molecule has 1 N–H and O–H groups in total. The quantitative estimate of drug-likeness (QED) is 0.781. The fraction of sp³-hybridized carbons (Fsp3) is 0.696. The van der Waals surface area contributed by atoms with Crippen LogP contribution in [0.5, 0.6) is 5.75 Å². The van der Waals surface area contributed by atoms with Crippen LogP contribution in [0.2, 0.25) is 0 Å². The summed E-state index contributed by atoms with van der Waals surface area (Å²) >= 11 is 0. The summed E-state index contributed by atoms with van der Waals surface area (Å²) in [6.07, 6.45) is 3.41. The molecule has 3 aliphatic rings. The Balaban J connectivity index is 1.64. The summed E-state index contributed by atoms with van der Waals surface area (Å²) in [6.45, 7) is 5.65. The molecule has 1 saturated heterocycles. The van der Waals surface area contributed by atoms with Gasteiger partial charge in [-0.1, -0.05) is 19.9 Å². The summed E-state index contributed by atoms with van der Waals surface area (Å²) in [6, 6.07) is 5.14. The fourth-order valence-electron chi connectivity index (χ4n) is 6.40. The summed E-state index contributed by atoms with van der Waals surface area (Å²) < 4.78 is 30.5. The number of carbonyl (C=O) groups is 1. The van der Waals surface area contributed by atoms with Crippen LogP contribution in [0.4, 0.5) is 4.39 Å². The average molecular weight is 406 g/mol. The molecule has 1 aliphatic heterocycles. The van der Waals surface area contributed by atoms with E-state index in [2.05, 4.69) is 19.2 Å². The molecule has 1 heterocycles. The number of fused-ring (bicyclic) bond motifs is 1. The van der Waals surface area contributed by atoms with Crippen molar-refractivity contribution in [2.45, 2.75) is 51.7 Å². The van der Waals surface area contributed by atoms with Crippen LogP contribution in [0, 0.1) is 28.5 Å². The topological polar surface area (TPSA) is 56.8 Å². The highest BCUT2D eigenvalue weighted by Gasteiger charge is 2.68. The number of amides is 1. The van der Waals surface area contributed by atoms with E-state index in [1.165, 1.54) is 13.2 Å². The fourth-order valence-corrected chi connectivity index (χ4v) is 6.40. The summed E-state index contributed by atoms with van der Waals surface area (Å²) in [4.78, 5) is 12.6. The Morgan fingerprint density at radius 2 is 2.14 bits per heavy atom. The molecule has 29 heavy (non-hydrogen) atoms. The van der Waals surface area contributed by atoms with Crippen molar-refractivity contribution in [2.24, 2.45) is 22.7 Å². The van der Waals surface area contributed by atoms with Crippen molar-refractivity contribution in [3.8, 4) is 5.75 Å². The first kappa shape index (κ1) is 20.6. The van der Waals surface area contributed by atoms with Crippen LogP contribution in [-0.2, 0) is 14.3 Å². The first-order chi connectivity index (χ1) is 13.8. The maximum Gasteiger partial charge on any atom is 0.222 e. The Kier molecular flexibility index (Phi) is 5.36. The van der Waals surface area contributed by atoms with Gasteiger partial charge in [0.05, 0.1) is 19.8 Å². The van der Waals surface area contributed by atoms with Gasteiger partial charge in [-0.3, -0.25) is 4.79 Å². The minimum Gasteiger partial charge on any atom is -0.494 e. The number of methoxy groups -OCH3 is 2. The summed E-state index contributed by atoms with van der Waals surface area (Å²) in [5, 5.41) is 3.37. The predicted molar refractivity (Wildman–Crippen MR) is 107 cm³/mol. The van der Waals surface area contributed by atoms with Gasteiger partial charge in [0.1, 0.15) is 0 Å². The van der Waals surface area contributed by atoms with Crippen molar-refractivity contribution in [1.29, 1.82) is 0 Å². The van der Waals surface area contributed by atoms with Crippen LogP contribution >= 0.6 is 0 Å². The van der Waals surface area contributed by atoms with E-state index in [0.29, 0.717) is 31.5 Å². The average Bonchev–Trinajstić information content (AvgIpc) is 3.19. The van der Waals surface area contributed by atoms with E-state index < -0.39 is 0 Å². The molecule has 1 amide bonds. The van der Waals surface area contributed by atoms with Crippen molar-refractivity contribution < 1.29 is 23.4 Å². The second kappa shape index (κ2) is 7.55. The van der Waals surface area contributed by atoms with E-state index >= 15 is 0 Å². The molecule has 160 valence electrons. The SMILES string of the molecule is COCCC(=O)N[C@H]1C(C)(C)[C@@H]2C[C@@H]3[C@@H](c4ccc(F)c(OC)c4)OCC[C@@]31C2. The molecule has 5 atom stereocenters. The molecule has 2 bridgehead atoms. The van der Waals surface area contributed by atoms with Crippen LogP contribution in [0.1, 0.15) is 51.2 Å². The van der Waals surface area contributed by atoms with Gasteiger partial charge in [0.25, 0.3) is 0 Å². The van der Waals surface area contributed by atoms with Gasteiger partial charge in [-0.25, -0.2) is 4.39 Å². The highest BCUT2D eigenvalue weighted by molar-refractivity contribution is 5.76. The van der Waals surface area contributed by atoms with E-state index in [9.17, 15) is 9.18 Å². The van der Waals surface area contributed by atoms with Gasteiger partial charge < -0.3 is 19.5 Å². The summed E-state index contributed by atoms with van der Waals surface area (Å²) in [7, 11) is 3.10. The number of nitrogens with one attached hydrogen (secondary N) is 1. The van der Waals surface area contributed by atoms with Crippen LogP contribution in [0.15, 0.2) is 18.2 Å². The first-order valence-corrected chi connectivity index (χ1v) is 10.6. The van der Waals surface area contributed by atoms with Crippen LogP contribution in [0.3, 0.4) is 0 Å². The standard InChI is InChI=1S/C23H32FNO4/c1-22(2)15-12-16-20(14-5-6-17(24)18(11-14)28-4)29-10-8-23(16,13-15)21(22)25-19(26)7-9-27-3/h5-6,11,15-16,20-21H,7-10,12-13H2,1-4H3,(H,25,26)/t15-,16-,20-,21+,23-/m1/s1. The van der Waals surface area contributed by atoms with Crippen LogP contribution < -0.4 is 10.1 Å². The minimum atomic E-state index is -0.362. The highest BCUT2D eigenvalue weighted by Crippen LogP contribution is 2.70. The highest BCUT2D eigenvalue weighted by atomic mass is 19.1. The number of hydrogen-bond donors (Lipinski definition) is 1. The van der Waals surface area contributed by atoms with Gasteiger partial charge in [0.2, 0.25) is 5.91 Å². The lowest BCUT2D eigenvalue weighted by atomic mass is 9.59. The Bertz CT molecular complexity index is 782. The van der Waals surface area contributed by atoms with Gasteiger partial charge in [-0.2, -0.15) is 0 Å². The number of ether oxygens (including phenoxy) is 3. The lowest BCUT2D eigenvalue weighted by Crippen LogP contribution is -2.59. The number of benzene rings is 1. The van der Waals surface area contributed by atoms with Gasteiger partial charge in [0, 0.05) is 26.2 Å². The maximum atomic E-state index is 13.9. The molecule has 1 spiro atoms. The van der Waals surface area contributed by atoms with Gasteiger partial charge >= 0.3 is 0 Å². The molecular weight excluding hydrogens is 373 g/mol. The summed E-state index contributed by atoms with van der Waals surface area (Å²) in [5.41, 5.74) is 1.02. The lowest BCUT2D eigenvalue weighted by Gasteiger charge is -2.53. The van der Waals surface area contributed by atoms with Crippen molar-refractivity contribution in [3.63, 3.8) is 0 Å². The summed E-state index contributed by atoms with van der Waals surface area (Å²) in [5.74, 6) is 0.777. The normalized spacial score (nSPS) is 34.7. The van der Waals surface area contributed by atoms with Gasteiger partial charge in [0.15, 0.2) is 11.6 Å². The lowest BCUT2D eigenvalue weighted by molar-refractivity contribution is -0.137. The first-order valence-electron chi connectivity index (χ1n) is 10.6. The zero-order chi connectivity index (χ0) is 20.8. The maximum absolute atomic E-state index is 13.9. The number of halogens is 1. The molecule has 3 fully saturated rings. The molecule has 1 aromatic carbocycles. The van der Waals surface area contributed by atoms with Gasteiger partial charge in [-0.05, 0) is 59.6 Å². The third-order valence-corrected chi connectivity index (χ3v) is 7.85. The number of carbonyl (C=O) groups excluding carboxylic acids is 1. The van der Waals surface area contributed by atoms with Crippen LogP contribution in [0.25, 0.3) is 0 Å². The smallest absolute Gasteiger partial charge is 0.222 e. The Hall–Kier alpha value is -1.66. The van der Waals surface area contributed by atoms with E-state index in [1.807, 2.05) is 6.07 Å². The van der Waals surface area contributed by atoms with E-state index in [1.54, 1.807) is 13.2 Å². The van der Waals surface area contributed by atoms with Crippen molar-refractivity contribution in [2.75, 3.05) is 27.4 Å². The Morgan fingerprint density at radius 3 is 2.86 bits per heavy atom. The van der Waals surface area contributed by atoms with Gasteiger partial charge in [-0.15, -0.1) is 0 Å². The molecule has 0 unspecified atom stereocenters. The monoisotopic (exact) mass is 405 g/mol. The molecule has 0 aromatic heterocycles. The second-order valence-corrected chi connectivity index (χ2v) is 9.48. The zero-order valence-electron chi connectivity index (χ0n) is 17.8. The molecule has 6 heteroatoms. The Morgan fingerprint density at radius 1 is 1.34 bits per heavy atom. The minimum absolute atomic E-state index is 0.0153. The number of rotatable bonds is 6. The van der Waals surface area contributed by atoms with Crippen LogP contribution in [-0.4, -0.2) is 39.4 Å². The van der Waals surface area contributed by atoms with Crippen molar-refractivity contribution in [1.82, 2.24) is 5.32 Å². The second-order valence-electron chi connectivity index (χ2n) is 9.48. The van der Waals surface area contributed by atoms with E-state index in [0.717, 1.165) is 24.8 Å². The molecular formula is C23H32FNO4. The molecule has 2 saturated carbocycles. The molecule has 1 aromatic rings. The predicted octanol–water partition coefficient (Wildman–Crippen LogP) is 3.87. The molecule has 4 rings (SSSR count). The van der Waals surface area contributed by atoms with Crippen molar-refractivity contribution >= 4 is 5.91 Å². The largest absolute Gasteiger partial charge is 0.494 e. The Labute approximate surface area is 172 Å². The molecule has 5 nitrogen and oxygen atoms in total.